The van der Waals surface area contributed by atoms with Crippen LogP contribution in [0.25, 0.3) is 0 Å². The molecule has 0 saturated carbocycles. The fourth-order valence-electron chi connectivity index (χ4n) is 3.78. The van der Waals surface area contributed by atoms with Crippen molar-refractivity contribution in [1.29, 1.82) is 0 Å². The Hall–Kier alpha value is -1.24. The molecule has 1 heteroatoms. The minimum atomic E-state index is 0.411. The first-order valence-corrected chi connectivity index (χ1v) is 11.3. The minimum absolute atomic E-state index is 0.411. The molecule has 1 rings (SSSR count). The minimum Gasteiger partial charge on any atom is -0.508 e. The summed E-state index contributed by atoms with van der Waals surface area (Å²) in [7, 11) is 0. The first kappa shape index (κ1) is 23.8. The van der Waals surface area contributed by atoms with Crippen molar-refractivity contribution in [3.05, 3.63) is 41.5 Å². The van der Waals surface area contributed by atoms with Crippen LogP contribution in [0.5, 0.6) is 5.75 Å². The topological polar surface area (TPSA) is 20.2 Å². The molecule has 0 aliphatic heterocycles. The third-order valence-corrected chi connectivity index (χ3v) is 5.80. The van der Waals surface area contributed by atoms with Crippen molar-refractivity contribution in [2.24, 2.45) is 17.8 Å². The number of hydrogen-bond acceptors (Lipinski definition) is 1. The van der Waals surface area contributed by atoms with Gasteiger partial charge in [-0.1, -0.05) is 102 Å². The van der Waals surface area contributed by atoms with Gasteiger partial charge in [0.25, 0.3) is 0 Å². The van der Waals surface area contributed by atoms with Gasteiger partial charge < -0.3 is 5.11 Å². The Balaban J connectivity index is 2.11. The van der Waals surface area contributed by atoms with Crippen LogP contribution in [-0.2, 0) is 6.42 Å². The number of phenolic OH excluding ortho intramolecular Hbond substituents is 1. The lowest BCUT2D eigenvalue weighted by Gasteiger charge is -2.15. The molecule has 1 nitrogen and oxygen atoms in total. The van der Waals surface area contributed by atoms with Gasteiger partial charge in [-0.25, -0.2) is 0 Å². The lowest BCUT2D eigenvalue weighted by atomic mass is 9.91. The van der Waals surface area contributed by atoms with E-state index in [9.17, 15) is 5.11 Å². The van der Waals surface area contributed by atoms with E-state index in [1.807, 2.05) is 18.2 Å². The van der Waals surface area contributed by atoms with Crippen LogP contribution < -0.4 is 0 Å². The lowest BCUT2D eigenvalue weighted by Crippen LogP contribution is -2.00. The molecule has 0 fully saturated rings. The zero-order chi connectivity index (χ0) is 20.1. The fourth-order valence-corrected chi connectivity index (χ4v) is 3.78. The van der Waals surface area contributed by atoms with Crippen LogP contribution in [0.15, 0.2) is 35.9 Å². The number of allylic oxidation sites excluding steroid dienone is 2. The molecule has 1 aromatic rings. The van der Waals surface area contributed by atoms with E-state index in [0.29, 0.717) is 5.75 Å². The van der Waals surface area contributed by atoms with Crippen LogP contribution in [0.4, 0.5) is 0 Å². The van der Waals surface area contributed by atoms with Gasteiger partial charge in [-0.05, 0) is 55.6 Å². The zero-order valence-electron chi connectivity index (χ0n) is 18.6. The largest absolute Gasteiger partial charge is 0.508 e. The summed E-state index contributed by atoms with van der Waals surface area (Å²) >= 11 is 0. The Bertz CT molecular complexity index is 529. The Labute approximate surface area is 169 Å². The molecule has 0 amide bonds. The number of para-hydroxylation sites is 1. The highest BCUT2D eigenvalue weighted by Crippen LogP contribution is 2.22. The van der Waals surface area contributed by atoms with E-state index in [0.717, 1.165) is 29.7 Å². The molecule has 0 aromatic heterocycles. The average molecular weight is 373 g/mol. The van der Waals surface area contributed by atoms with E-state index in [4.69, 9.17) is 0 Å². The van der Waals surface area contributed by atoms with Gasteiger partial charge in [0, 0.05) is 0 Å². The van der Waals surface area contributed by atoms with Crippen LogP contribution in [0, 0.1) is 17.8 Å². The van der Waals surface area contributed by atoms with Crippen molar-refractivity contribution in [2.45, 2.75) is 98.8 Å². The van der Waals surface area contributed by atoms with Gasteiger partial charge in [0.05, 0.1) is 0 Å². The molecule has 1 N–H and O–H groups in total. The van der Waals surface area contributed by atoms with Crippen LogP contribution in [0.1, 0.15) is 98.0 Å². The Morgan fingerprint density at radius 3 is 2.00 bits per heavy atom. The van der Waals surface area contributed by atoms with E-state index in [1.54, 1.807) is 6.07 Å². The van der Waals surface area contributed by atoms with Crippen molar-refractivity contribution in [2.75, 3.05) is 0 Å². The van der Waals surface area contributed by atoms with Gasteiger partial charge in [-0.2, -0.15) is 0 Å². The Kier molecular flexibility index (Phi) is 12.2. The molecule has 0 bridgehead atoms. The predicted octanol–water partition coefficient (Wildman–Crippen LogP) is 8.32. The zero-order valence-corrected chi connectivity index (χ0v) is 18.6. The predicted molar refractivity (Wildman–Crippen MR) is 120 cm³/mol. The first-order chi connectivity index (χ1) is 12.9. The fraction of sp³-hybridized carbons (Fsp3) is 0.692. The maximum absolute atomic E-state index is 9.84. The summed E-state index contributed by atoms with van der Waals surface area (Å²) in [6, 6.07) is 7.64. The van der Waals surface area contributed by atoms with E-state index in [1.165, 1.54) is 63.4 Å². The second-order valence-corrected chi connectivity index (χ2v) is 9.24. The number of benzene rings is 1. The molecule has 0 spiro atoms. The molecule has 0 aliphatic rings. The highest BCUT2D eigenvalue weighted by atomic mass is 16.3. The van der Waals surface area contributed by atoms with E-state index < -0.39 is 0 Å². The highest BCUT2D eigenvalue weighted by molar-refractivity contribution is 5.33. The summed E-state index contributed by atoms with van der Waals surface area (Å²) in [5, 5.41) is 9.84. The third-order valence-electron chi connectivity index (χ3n) is 5.80. The first-order valence-electron chi connectivity index (χ1n) is 11.3. The van der Waals surface area contributed by atoms with Gasteiger partial charge in [-0.15, -0.1) is 0 Å². The molecule has 0 saturated heterocycles. The van der Waals surface area contributed by atoms with E-state index in [2.05, 4.69) is 40.7 Å². The molecule has 2 atom stereocenters. The van der Waals surface area contributed by atoms with Crippen LogP contribution in [-0.4, -0.2) is 5.11 Å². The second-order valence-electron chi connectivity index (χ2n) is 9.24. The number of hydrogen-bond donors (Lipinski definition) is 1. The molecular weight excluding hydrogens is 328 g/mol. The third kappa shape index (κ3) is 12.0. The van der Waals surface area contributed by atoms with E-state index >= 15 is 0 Å². The summed E-state index contributed by atoms with van der Waals surface area (Å²) in [6.07, 6.45) is 15.3. The van der Waals surface area contributed by atoms with Gasteiger partial charge in [0.2, 0.25) is 0 Å². The van der Waals surface area contributed by atoms with Gasteiger partial charge in [-0.3, -0.25) is 0 Å². The normalized spacial score (nSPS) is 14.5. The number of aromatic hydroxyl groups is 1. The Morgan fingerprint density at radius 1 is 0.852 bits per heavy atom. The van der Waals surface area contributed by atoms with Crippen LogP contribution in [0.2, 0.25) is 0 Å². The summed E-state index contributed by atoms with van der Waals surface area (Å²) in [4.78, 5) is 0. The number of phenols is 1. The molecule has 27 heavy (non-hydrogen) atoms. The molecular formula is C26H44O. The second kappa shape index (κ2) is 13.9. The van der Waals surface area contributed by atoms with Crippen molar-refractivity contribution < 1.29 is 5.11 Å². The van der Waals surface area contributed by atoms with Gasteiger partial charge >= 0.3 is 0 Å². The highest BCUT2D eigenvalue weighted by Gasteiger charge is 2.07. The monoisotopic (exact) mass is 372 g/mol. The van der Waals surface area contributed by atoms with Crippen LogP contribution >= 0.6 is 0 Å². The van der Waals surface area contributed by atoms with Gasteiger partial charge in [0.1, 0.15) is 5.75 Å². The van der Waals surface area contributed by atoms with Crippen LogP contribution in [0.3, 0.4) is 0 Å². The van der Waals surface area contributed by atoms with Crippen molar-refractivity contribution in [1.82, 2.24) is 0 Å². The van der Waals surface area contributed by atoms with Crippen molar-refractivity contribution in [3.63, 3.8) is 0 Å². The number of rotatable bonds is 14. The molecule has 1 aromatic carbocycles. The molecule has 154 valence electrons. The maximum Gasteiger partial charge on any atom is 0.119 e. The van der Waals surface area contributed by atoms with E-state index in [-0.39, 0.29) is 0 Å². The smallest absolute Gasteiger partial charge is 0.119 e. The molecule has 0 unspecified atom stereocenters. The molecule has 0 radical (unpaired) electrons. The average Bonchev–Trinajstić information content (AvgIpc) is 2.60. The summed E-state index contributed by atoms with van der Waals surface area (Å²) in [6.45, 7) is 11.7. The van der Waals surface area contributed by atoms with Crippen molar-refractivity contribution in [3.8, 4) is 5.75 Å². The summed E-state index contributed by atoms with van der Waals surface area (Å²) in [5.41, 5.74) is 2.47. The van der Waals surface area contributed by atoms with Gasteiger partial charge in [0.15, 0.2) is 0 Å². The summed E-state index contributed by atoms with van der Waals surface area (Å²) < 4.78 is 0. The SMILES string of the molecule is C/C(=C\Cc1ccccc1O)CCC[C@H](C)CCC[C@H](C)CCCC(C)C. The standard InChI is InChI=1S/C26H44O/c1-21(2)11-8-12-22(3)13-9-14-23(4)15-10-16-24(5)19-20-25-17-6-7-18-26(25)27/h6-7,17-19,21-23,27H,8-16,20H2,1-5H3/b24-19+/t22-,23-/m1/s1. The summed E-state index contributed by atoms with van der Waals surface area (Å²) in [5.74, 6) is 3.01. The lowest BCUT2D eigenvalue weighted by molar-refractivity contribution is 0.389. The Morgan fingerprint density at radius 2 is 1.41 bits per heavy atom. The molecule has 0 heterocycles. The molecule has 0 aliphatic carbocycles. The maximum atomic E-state index is 9.84. The quantitative estimate of drug-likeness (QED) is 0.325. The van der Waals surface area contributed by atoms with Crippen molar-refractivity contribution >= 4 is 0 Å².